The minimum absolute atomic E-state index is 0. The van der Waals surface area contributed by atoms with Gasteiger partial charge in [-0.25, -0.2) is 4.39 Å². The van der Waals surface area contributed by atoms with E-state index in [2.05, 4.69) is 5.32 Å². The van der Waals surface area contributed by atoms with Crippen molar-refractivity contribution in [3.8, 4) is 5.75 Å². The van der Waals surface area contributed by atoms with E-state index in [1.807, 2.05) is 6.07 Å². The van der Waals surface area contributed by atoms with E-state index in [4.69, 9.17) is 4.74 Å². The smallest absolute Gasteiger partial charge is 0.169 e. The Kier molecular flexibility index (Phi) is 3.72. The Bertz CT molecular complexity index is 315. The summed E-state index contributed by atoms with van der Waals surface area (Å²) in [5.74, 6) is 0.0911. The minimum atomic E-state index is -0.234. The van der Waals surface area contributed by atoms with Crippen LogP contribution < -0.4 is 10.1 Å². The molecule has 2 rings (SSSR count). The Morgan fingerprint density at radius 1 is 1.50 bits per heavy atom. The Morgan fingerprint density at radius 3 is 2.71 bits per heavy atom. The molecule has 1 heterocycles. The second-order valence-electron chi connectivity index (χ2n) is 3.16. The second-order valence-corrected chi connectivity index (χ2v) is 3.16. The summed E-state index contributed by atoms with van der Waals surface area (Å²) in [4.78, 5) is 0. The summed E-state index contributed by atoms with van der Waals surface area (Å²) in [6, 6.07) is 5.43. The van der Waals surface area contributed by atoms with Gasteiger partial charge in [0, 0.05) is 11.6 Å². The summed E-state index contributed by atoms with van der Waals surface area (Å²) in [6.45, 7) is 0.974. The maximum atomic E-state index is 13.6. The van der Waals surface area contributed by atoms with Gasteiger partial charge < -0.3 is 10.1 Å². The number of rotatable bonds is 2. The minimum Gasteiger partial charge on any atom is -0.494 e. The van der Waals surface area contributed by atoms with Gasteiger partial charge in [0.05, 0.1) is 7.11 Å². The number of benzene rings is 1. The number of ether oxygens (including phenoxy) is 1. The molecule has 0 unspecified atom stereocenters. The van der Waals surface area contributed by atoms with Crippen molar-refractivity contribution in [1.29, 1.82) is 0 Å². The lowest BCUT2D eigenvalue weighted by Crippen LogP contribution is -2.35. The van der Waals surface area contributed by atoms with Crippen LogP contribution in [-0.4, -0.2) is 13.7 Å². The normalized spacial score (nSPS) is 19.4. The molecule has 0 aliphatic carbocycles. The summed E-state index contributed by atoms with van der Waals surface area (Å²) >= 11 is 0. The van der Waals surface area contributed by atoms with Crippen molar-refractivity contribution in [3.05, 3.63) is 29.6 Å². The lowest BCUT2D eigenvalue weighted by atomic mass is 9.97. The molecule has 1 atom stereocenters. The summed E-state index contributed by atoms with van der Waals surface area (Å²) < 4.78 is 18.5. The Labute approximate surface area is 88.9 Å². The van der Waals surface area contributed by atoms with Crippen molar-refractivity contribution < 1.29 is 9.13 Å². The van der Waals surface area contributed by atoms with E-state index in [1.54, 1.807) is 12.1 Å². The summed E-state index contributed by atoms with van der Waals surface area (Å²) in [7, 11) is 1.48. The zero-order chi connectivity index (χ0) is 9.26. The molecule has 0 bridgehead atoms. The zero-order valence-electron chi connectivity index (χ0n) is 7.92. The van der Waals surface area contributed by atoms with Crippen molar-refractivity contribution in [3.63, 3.8) is 0 Å². The highest BCUT2D eigenvalue weighted by molar-refractivity contribution is 5.85. The molecule has 1 aliphatic heterocycles. The molecule has 1 fully saturated rings. The van der Waals surface area contributed by atoms with E-state index in [9.17, 15) is 4.39 Å². The topological polar surface area (TPSA) is 21.3 Å². The van der Waals surface area contributed by atoms with Crippen LogP contribution in [0.1, 0.15) is 18.0 Å². The van der Waals surface area contributed by atoms with Crippen LogP contribution in [0.2, 0.25) is 0 Å². The fourth-order valence-corrected chi connectivity index (χ4v) is 1.51. The van der Waals surface area contributed by atoms with Crippen molar-refractivity contribution in [2.24, 2.45) is 0 Å². The lowest BCUT2D eigenvalue weighted by molar-refractivity contribution is 0.350. The number of hydrogen-bond acceptors (Lipinski definition) is 2. The van der Waals surface area contributed by atoms with Crippen molar-refractivity contribution >= 4 is 12.4 Å². The van der Waals surface area contributed by atoms with Gasteiger partial charge in [-0.15, -0.1) is 12.4 Å². The third-order valence-electron chi connectivity index (χ3n) is 2.41. The van der Waals surface area contributed by atoms with Gasteiger partial charge in [0.2, 0.25) is 0 Å². The van der Waals surface area contributed by atoms with Gasteiger partial charge in [-0.1, -0.05) is 12.1 Å². The standard InChI is InChI=1S/C10H12FNO.ClH/c1-13-9-4-2-3-7(10(9)11)8-5-6-12-8;/h2-4,8,12H,5-6H2,1H3;1H/t8-;/m1./s1. The first-order valence-corrected chi connectivity index (χ1v) is 4.38. The van der Waals surface area contributed by atoms with Crippen LogP contribution in [0, 0.1) is 5.82 Å². The molecule has 14 heavy (non-hydrogen) atoms. The van der Waals surface area contributed by atoms with Gasteiger partial charge in [-0.2, -0.15) is 0 Å². The van der Waals surface area contributed by atoms with Crippen LogP contribution in [0.4, 0.5) is 4.39 Å². The molecule has 2 nitrogen and oxygen atoms in total. The van der Waals surface area contributed by atoms with Gasteiger partial charge in [0.25, 0.3) is 0 Å². The van der Waals surface area contributed by atoms with Crippen LogP contribution in [0.25, 0.3) is 0 Å². The van der Waals surface area contributed by atoms with Crippen molar-refractivity contribution in [2.75, 3.05) is 13.7 Å². The number of methoxy groups -OCH3 is 1. The van der Waals surface area contributed by atoms with E-state index in [0.717, 1.165) is 13.0 Å². The molecule has 0 aromatic heterocycles. The zero-order valence-corrected chi connectivity index (χ0v) is 8.73. The molecule has 1 aliphatic rings. The fourth-order valence-electron chi connectivity index (χ4n) is 1.51. The first-order valence-electron chi connectivity index (χ1n) is 4.38. The van der Waals surface area contributed by atoms with Crippen LogP contribution in [-0.2, 0) is 0 Å². The number of halogens is 2. The van der Waals surface area contributed by atoms with Crippen LogP contribution in [0.3, 0.4) is 0 Å². The van der Waals surface area contributed by atoms with Crippen molar-refractivity contribution in [2.45, 2.75) is 12.5 Å². The first kappa shape index (κ1) is 11.3. The number of hydrogen-bond donors (Lipinski definition) is 1. The number of nitrogens with one attached hydrogen (secondary N) is 1. The van der Waals surface area contributed by atoms with Gasteiger partial charge in [-0.05, 0) is 19.0 Å². The van der Waals surface area contributed by atoms with Gasteiger partial charge in [-0.3, -0.25) is 0 Å². The molecule has 1 saturated heterocycles. The molecule has 4 heteroatoms. The molecule has 0 saturated carbocycles. The molecule has 78 valence electrons. The Morgan fingerprint density at radius 2 is 2.21 bits per heavy atom. The van der Waals surface area contributed by atoms with E-state index in [-0.39, 0.29) is 24.3 Å². The molecule has 0 amide bonds. The Balaban J connectivity index is 0.000000980. The maximum absolute atomic E-state index is 13.6. The average Bonchev–Trinajstić information content (AvgIpc) is 2.05. The maximum Gasteiger partial charge on any atom is 0.169 e. The highest BCUT2D eigenvalue weighted by Crippen LogP contribution is 2.29. The predicted octanol–water partition coefficient (Wildman–Crippen LogP) is 2.29. The average molecular weight is 218 g/mol. The molecular formula is C10H13ClFNO. The first-order chi connectivity index (χ1) is 6.33. The van der Waals surface area contributed by atoms with Gasteiger partial charge in [0.15, 0.2) is 11.6 Å². The van der Waals surface area contributed by atoms with Crippen molar-refractivity contribution in [1.82, 2.24) is 5.32 Å². The summed E-state index contributed by atoms with van der Waals surface area (Å²) in [5, 5.41) is 3.16. The van der Waals surface area contributed by atoms with Crippen LogP contribution >= 0.6 is 12.4 Å². The van der Waals surface area contributed by atoms with E-state index >= 15 is 0 Å². The molecule has 0 radical (unpaired) electrons. The highest BCUT2D eigenvalue weighted by atomic mass is 35.5. The lowest BCUT2D eigenvalue weighted by Gasteiger charge is -2.28. The third kappa shape index (κ3) is 1.83. The Hall–Kier alpha value is -0.800. The largest absolute Gasteiger partial charge is 0.494 e. The van der Waals surface area contributed by atoms with E-state index in [0.29, 0.717) is 11.3 Å². The molecule has 1 aromatic carbocycles. The molecule has 1 N–H and O–H groups in total. The quantitative estimate of drug-likeness (QED) is 0.821. The fraction of sp³-hybridized carbons (Fsp3) is 0.400. The van der Waals surface area contributed by atoms with E-state index < -0.39 is 0 Å². The van der Waals surface area contributed by atoms with E-state index in [1.165, 1.54) is 7.11 Å². The molecule has 0 spiro atoms. The van der Waals surface area contributed by atoms with Gasteiger partial charge in [0.1, 0.15) is 0 Å². The van der Waals surface area contributed by atoms with Crippen LogP contribution in [0.15, 0.2) is 18.2 Å². The highest BCUT2D eigenvalue weighted by Gasteiger charge is 2.22. The molecular weight excluding hydrogens is 205 g/mol. The predicted molar refractivity (Wildman–Crippen MR) is 55.6 cm³/mol. The monoisotopic (exact) mass is 217 g/mol. The van der Waals surface area contributed by atoms with Gasteiger partial charge >= 0.3 is 0 Å². The summed E-state index contributed by atoms with van der Waals surface area (Å²) in [6.07, 6.45) is 1.00. The SMILES string of the molecule is COc1cccc([C@H]2CCN2)c1F.Cl. The summed E-state index contributed by atoms with van der Waals surface area (Å²) in [5.41, 5.74) is 0.714. The van der Waals surface area contributed by atoms with Crippen LogP contribution in [0.5, 0.6) is 5.75 Å². The second kappa shape index (κ2) is 4.62. The third-order valence-corrected chi connectivity index (χ3v) is 2.41. The molecule has 1 aromatic rings.